The highest BCUT2D eigenvalue weighted by atomic mass is 19.4. The molecule has 2 aromatic carbocycles. The zero-order valence-electron chi connectivity index (χ0n) is 30.0. The number of hydrogen-bond donors (Lipinski definition) is 2. The van der Waals surface area contributed by atoms with Crippen LogP contribution < -0.4 is 21.1 Å². The number of carboxylic acid groups (broad SMARTS) is 1. The van der Waals surface area contributed by atoms with Crippen LogP contribution in [0.5, 0.6) is 0 Å². The molecule has 2 fully saturated rings. The van der Waals surface area contributed by atoms with Gasteiger partial charge in [-0.05, 0) is 70.8 Å². The number of anilines is 1. The second-order valence-electron chi connectivity index (χ2n) is 14.5. The number of benzene rings is 1. The summed E-state index contributed by atoms with van der Waals surface area (Å²) in [5, 5.41) is 10.0. The van der Waals surface area contributed by atoms with Crippen LogP contribution in [0.25, 0.3) is 0 Å². The predicted octanol–water partition coefficient (Wildman–Crippen LogP) is 6.72. The van der Waals surface area contributed by atoms with Gasteiger partial charge < -0.3 is 29.5 Å². The van der Waals surface area contributed by atoms with Gasteiger partial charge in [0.15, 0.2) is 0 Å². The number of hydrogen-bond acceptors (Lipinski definition) is 8. The lowest BCUT2D eigenvalue weighted by Crippen LogP contribution is -2.49. The molecular formula is C37H52F4N2O8. The first-order chi connectivity index (χ1) is 24.0. The normalized spacial score (nSPS) is 18.4. The van der Waals surface area contributed by atoms with E-state index in [-0.39, 0.29) is 17.7 Å². The second kappa shape index (κ2) is 19.4. The number of methoxy groups -OCH3 is 1. The Morgan fingerprint density at radius 3 is 2.27 bits per heavy atom. The van der Waals surface area contributed by atoms with Crippen molar-refractivity contribution >= 4 is 17.7 Å². The Morgan fingerprint density at radius 2 is 1.67 bits per heavy atom. The van der Waals surface area contributed by atoms with E-state index in [1.54, 1.807) is 19.2 Å². The van der Waals surface area contributed by atoms with Crippen molar-refractivity contribution in [3.8, 4) is 0 Å². The molecule has 2 aliphatic rings. The van der Waals surface area contributed by atoms with E-state index in [1.165, 1.54) is 25.3 Å². The van der Waals surface area contributed by atoms with Gasteiger partial charge in [-0.1, -0.05) is 50.3 Å². The molecule has 10 nitrogen and oxygen atoms in total. The Balaban J connectivity index is 0.000000908. The molecule has 2 aromatic rings. The third-order valence-corrected chi connectivity index (χ3v) is 9.25. The van der Waals surface area contributed by atoms with Crippen molar-refractivity contribution in [1.82, 2.24) is 5.32 Å². The van der Waals surface area contributed by atoms with E-state index in [2.05, 4.69) is 5.32 Å². The molecule has 1 heterocycles. The van der Waals surface area contributed by atoms with Crippen LogP contribution in [0.1, 0.15) is 95.8 Å². The van der Waals surface area contributed by atoms with E-state index in [1.807, 2.05) is 31.7 Å². The predicted molar refractivity (Wildman–Crippen MR) is 184 cm³/mol. The minimum atomic E-state index is -5.08. The van der Waals surface area contributed by atoms with Gasteiger partial charge >= 0.3 is 18.2 Å². The zero-order chi connectivity index (χ0) is 37.8. The summed E-state index contributed by atoms with van der Waals surface area (Å²) in [6.07, 6.45) is 3.59. The molecule has 3 atom stereocenters. The number of carbonyl (C=O) groups excluding carboxylic acids is 1. The largest absolute Gasteiger partial charge is 0.490 e. The maximum atomic E-state index is 15.0. The number of carboxylic acids is 1. The lowest BCUT2D eigenvalue weighted by molar-refractivity contribution is -0.192. The molecule has 14 heteroatoms. The minimum absolute atomic E-state index is 0.0172. The molecule has 51 heavy (non-hydrogen) atoms. The number of alkyl carbamates (subject to hydrolysis) is 1. The fourth-order valence-corrected chi connectivity index (χ4v) is 6.97. The van der Waals surface area contributed by atoms with Crippen molar-refractivity contribution < 1.29 is 46.5 Å². The SMILES string of the molecule is COCCCOC(c1ccccc1F)C1CCCN(c2c(C[C@H](CNC(=O)OC(C)(C)C)CC3CCCCC3)c(=O)c2=O)C1.O=C(O)C(F)(F)F. The fraction of sp³-hybridized carbons (Fsp3) is 0.676. The summed E-state index contributed by atoms with van der Waals surface area (Å²) in [6.45, 7) is 8.02. The Morgan fingerprint density at radius 1 is 1.00 bits per heavy atom. The topological polar surface area (TPSA) is 131 Å². The zero-order valence-corrected chi connectivity index (χ0v) is 30.0. The molecule has 286 valence electrons. The summed E-state index contributed by atoms with van der Waals surface area (Å²) >= 11 is 0. The summed E-state index contributed by atoms with van der Waals surface area (Å²) in [6, 6.07) is 6.71. The number of carbonyl (C=O) groups is 2. The molecule has 4 rings (SSSR count). The molecule has 1 saturated carbocycles. The van der Waals surface area contributed by atoms with Gasteiger partial charge in [-0.3, -0.25) is 9.59 Å². The smallest absolute Gasteiger partial charge is 0.475 e. The van der Waals surface area contributed by atoms with Crippen molar-refractivity contribution in [2.75, 3.05) is 44.9 Å². The summed E-state index contributed by atoms with van der Waals surface area (Å²) in [5.74, 6) is -2.55. The van der Waals surface area contributed by atoms with Gasteiger partial charge in [0.05, 0.1) is 11.8 Å². The van der Waals surface area contributed by atoms with Crippen LogP contribution in [0.2, 0.25) is 0 Å². The first kappa shape index (κ1) is 41.9. The van der Waals surface area contributed by atoms with Crippen LogP contribution in [-0.4, -0.2) is 68.9 Å². The number of rotatable bonds is 14. The van der Waals surface area contributed by atoms with Gasteiger partial charge in [0.2, 0.25) is 10.9 Å². The van der Waals surface area contributed by atoms with Crippen LogP contribution in [-0.2, 0) is 25.4 Å². The van der Waals surface area contributed by atoms with Crippen LogP contribution >= 0.6 is 0 Å². The van der Waals surface area contributed by atoms with Crippen molar-refractivity contribution in [3.63, 3.8) is 0 Å². The lowest BCUT2D eigenvalue weighted by Gasteiger charge is -2.39. The summed E-state index contributed by atoms with van der Waals surface area (Å²) in [7, 11) is 1.64. The summed E-state index contributed by atoms with van der Waals surface area (Å²) < 4.78 is 63.6. The molecule has 0 aromatic heterocycles. The summed E-state index contributed by atoms with van der Waals surface area (Å²) in [4.78, 5) is 49.5. The number of nitrogens with zero attached hydrogens (tertiary/aromatic N) is 1. The number of halogens is 4. The molecule has 1 aliphatic heterocycles. The van der Waals surface area contributed by atoms with Crippen molar-refractivity contribution in [2.24, 2.45) is 17.8 Å². The van der Waals surface area contributed by atoms with Crippen molar-refractivity contribution in [2.45, 2.75) is 103 Å². The van der Waals surface area contributed by atoms with Gasteiger partial charge in [0.25, 0.3) is 0 Å². The quantitative estimate of drug-likeness (QED) is 0.124. The van der Waals surface area contributed by atoms with E-state index in [0.29, 0.717) is 68.4 Å². The van der Waals surface area contributed by atoms with E-state index in [9.17, 15) is 31.9 Å². The number of alkyl halides is 3. The molecule has 1 saturated heterocycles. The molecule has 0 spiro atoms. The van der Waals surface area contributed by atoms with Crippen LogP contribution in [0.4, 0.5) is 28.0 Å². The molecule has 0 bridgehead atoms. The minimum Gasteiger partial charge on any atom is -0.475 e. The highest BCUT2D eigenvalue weighted by Gasteiger charge is 2.38. The third-order valence-electron chi connectivity index (χ3n) is 9.25. The van der Waals surface area contributed by atoms with Crippen molar-refractivity contribution in [1.29, 1.82) is 0 Å². The van der Waals surface area contributed by atoms with Gasteiger partial charge in [-0.15, -0.1) is 0 Å². The average molecular weight is 729 g/mol. The van der Waals surface area contributed by atoms with Crippen LogP contribution in [0, 0.1) is 23.6 Å². The Hall–Kier alpha value is -3.52. The second-order valence-corrected chi connectivity index (χ2v) is 14.5. The van der Waals surface area contributed by atoms with E-state index >= 15 is 0 Å². The monoisotopic (exact) mass is 728 g/mol. The van der Waals surface area contributed by atoms with Gasteiger partial charge in [-0.2, -0.15) is 13.2 Å². The third kappa shape index (κ3) is 13.2. The number of amides is 1. The maximum Gasteiger partial charge on any atom is 0.490 e. The first-order valence-corrected chi connectivity index (χ1v) is 17.7. The molecule has 1 amide bonds. The first-order valence-electron chi connectivity index (χ1n) is 17.7. The highest BCUT2D eigenvalue weighted by Crippen LogP contribution is 2.37. The van der Waals surface area contributed by atoms with E-state index in [0.717, 1.165) is 32.1 Å². The molecular weight excluding hydrogens is 676 g/mol. The molecule has 0 radical (unpaired) electrons. The Bertz CT molecular complexity index is 1480. The van der Waals surface area contributed by atoms with Crippen LogP contribution in [0.15, 0.2) is 33.9 Å². The molecule has 2 unspecified atom stereocenters. The van der Waals surface area contributed by atoms with Crippen LogP contribution in [0.3, 0.4) is 0 Å². The lowest BCUT2D eigenvalue weighted by atomic mass is 9.80. The maximum absolute atomic E-state index is 15.0. The number of piperidine rings is 1. The van der Waals surface area contributed by atoms with Gasteiger partial charge in [0, 0.05) is 57.0 Å². The number of nitrogens with one attached hydrogen (secondary N) is 1. The van der Waals surface area contributed by atoms with Gasteiger partial charge in [-0.25, -0.2) is 14.0 Å². The number of aliphatic carboxylic acids is 1. The highest BCUT2D eigenvalue weighted by molar-refractivity contribution is 5.73. The molecule has 1 aliphatic carbocycles. The Labute approximate surface area is 296 Å². The Kier molecular flexibility index (Phi) is 15.9. The fourth-order valence-electron chi connectivity index (χ4n) is 6.97. The molecule has 2 N–H and O–H groups in total. The number of ether oxygens (including phenoxy) is 3. The summed E-state index contributed by atoms with van der Waals surface area (Å²) in [5.41, 5.74) is 0.106. The van der Waals surface area contributed by atoms with E-state index in [4.69, 9.17) is 24.1 Å². The van der Waals surface area contributed by atoms with E-state index < -0.39 is 40.8 Å². The standard InChI is InChI=1S/C35H51FN2O6.C2HF3O2/c1-35(2,3)44-34(41)37-22-25(20-24-12-6-5-7-13-24)21-28-30(32(40)31(28)39)38-17-10-14-26(23-38)33(43-19-11-18-42-4)27-15-8-9-16-29(27)36;3-2(4,5)1(6)7/h8-9,15-16,24-26,33H,5-7,10-14,17-23H2,1-4H3,(H,37,41);(H,6,7)/t25-,26?,33?;/m1./s1. The van der Waals surface area contributed by atoms with Gasteiger partial charge in [0.1, 0.15) is 11.4 Å². The van der Waals surface area contributed by atoms with Crippen molar-refractivity contribution in [3.05, 3.63) is 61.7 Å². The average Bonchev–Trinajstić information content (AvgIpc) is 3.07.